The standard InChI is InChI=1S/C11H20N2O/c1-2-11(14)12-7-6-10-13-8-4-3-5-9-13/h2H,1,3-10H2,(H,12,14). The number of amides is 1. The molecule has 1 saturated heterocycles. The molecule has 0 aromatic carbocycles. The molecule has 0 unspecified atom stereocenters. The molecule has 1 fully saturated rings. The van der Waals surface area contributed by atoms with Gasteiger partial charge in [-0.3, -0.25) is 4.79 Å². The first-order valence-electron chi connectivity index (χ1n) is 5.45. The van der Waals surface area contributed by atoms with Crippen molar-refractivity contribution in [1.82, 2.24) is 10.2 Å². The van der Waals surface area contributed by atoms with Gasteiger partial charge in [-0.05, 0) is 45.0 Å². The third kappa shape index (κ3) is 4.42. The highest BCUT2D eigenvalue weighted by Gasteiger charge is 2.08. The second kappa shape index (κ2) is 6.60. The first-order valence-corrected chi connectivity index (χ1v) is 5.45. The summed E-state index contributed by atoms with van der Waals surface area (Å²) >= 11 is 0. The molecule has 14 heavy (non-hydrogen) atoms. The van der Waals surface area contributed by atoms with E-state index in [1.165, 1.54) is 38.4 Å². The maximum absolute atomic E-state index is 10.8. The molecule has 80 valence electrons. The lowest BCUT2D eigenvalue weighted by atomic mass is 10.1. The number of hydrogen-bond acceptors (Lipinski definition) is 2. The fraction of sp³-hybridized carbons (Fsp3) is 0.727. The first kappa shape index (κ1) is 11.2. The Kier molecular flexibility index (Phi) is 5.30. The van der Waals surface area contributed by atoms with Gasteiger partial charge in [0.05, 0.1) is 0 Å². The molecule has 0 bridgehead atoms. The molecule has 0 saturated carbocycles. The van der Waals surface area contributed by atoms with Crippen LogP contribution in [0.2, 0.25) is 0 Å². The summed E-state index contributed by atoms with van der Waals surface area (Å²) in [7, 11) is 0. The van der Waals surface area contributed by atoms with Crippen LogP contribution in [-0.2, 0) is 4.79 Å². The summed E-state index contributed by atoms with van der Waals surface area (Å²) in [5.41, 5.74) is 0. The Balaban J connectivity index is 1.97. The fourth-order valence-corrected chi connectivity index (χ4v) is 1.77. The van der Waals surface area contributed by atoms with E-state index in [4.69, 9.17) is 0 Å². The van der Waals surface area contributed by atoms with Gasteiger partial charge in [0.1, 0.15) is 0 Å². The van der Waals surface area contributed by atoms with Gasteiger partial charge in [-0.25, -0.2) is 0 Å². The molecule has 0 aromatic heterocycles. The highest BCUT2D eigenvalue weighted by atomic mass is 16.1. The van der Waals surface area contributed by atoms with Crippen LogP contribution < -0.4 is 5.32 Å². The van der Waals surface area contributed by atoms with Gasteiger partial charge in [-0.1, -0.05) is 13.0 Å². The van der Waals surface area contributed by atoms with Crippen LogP contribution in [0.3, 0.4) is 0 Å². The monoisotopic (exact) mass is 196 g/mol. The second-order valence-corrected chi connectivity index (χ2v) is 3.75. The van der Waals surface area contributed by atoms with Gasteiger partial charge < -0.3 is 10.2 Å². The average molecular weight is 196 g/mol. The molecule has 0 aromatic rings. The molecular formula is C11H20N2O. The van der Waals surface area contributed by atoms with Crippen molar-refractivity contribution < 1.29 is 4.79 Å². The maximum Gasteiger partial charge on any atom is 0.243 e. The van der Waals surface area contributed by atoms with Crippen LogP contribution in [0.15, 0.2) is 12.7 Å². The Labute approximate surface area is 86.2 Å². The molecule has 3 nitrogen and oxygen atoms in total. The molecule has 3 heteroatoms. The van der Waals surface area contributed by atoms with Crippen LogP contribution in [0, 0.1) is 0 Å². The van der Waals surface area contributed by atoms with E-state index in [-0.39, 0.29) is 5.91 Å². The van der Waals surface area contributed by atoms with Crippen LogP contribution in [0.4, 0.5) is 0 Å². The number of carbonyl (C=O) groups excluding carboxylic acids is 1. The Hall–Kier alpha value is -0.830. The summed E-state index contributed by atoms with van der Waals surface area (Å²) in [5, 5.41) is 2.79. The molecule has 1 aliphatic heterocycles. The number of piperidine rings is 1. The summed E-state index contributed by atoms with van der Waals surface area (Å²) in [6.07, 6.45) is 6.40. The maximum atomic E-state index is 10.8. The van der Waals surface area contributed by atoms with Crippen molar-refractivity contribution in [3.05, 3.63) is 12.7 Å². The number of nitrogens with one attached hydrogen (secondary N) is 1. The zero-order valence-electron chi connectivity index (χ0n) is 8.80. The summed E-state index contributed by atoms with van der Waals surface area (Å²) in [6, 6.07) is 0. The molecule has 0 spiro atoms. The van der Waals surface area contributed by atoms with Crippen LogP contribution in [-0.4, -0.2) is 37.0 Å². The molecule has 1 rings (SSSR count). The van der Waals surface area contributed by atoms with E-state index in [0.717, 1.165) is 19.5 Å². The van der Waals surface area contributed by atoms with E-state index in [9.17, 15) is 4.79 Å². The summed E-state index contributed by atoms with van der Waals surface area (Å²) in [6.45, 7) is 7.74. The van der Waals surface area contributed by atoms with Gasteiger partial charge in [0, 0.05) is 6.54 Å². The van der Waals surface area contributed by atoms with Gasteiger partial charge in [0.2, 0.25) is 5.91 Å². The number of nitrogens with zero attached hydrogens (tertiary/aromatic N) is 1. The minimum Gasteiger partial charge on any atom is -0.353 e. The molecule has 1 aliphatic rings. The topological polar surface area (TPSA) is 32.3 Å². The van der Waals surface area contributed by atoms with Crippen molar-refractivity contribution in [3.63, 3.8) is 0 Å². The number of hydrogen-bond donors (Lipinski definition) is 1. The Morgan fingerprint density at radius 1 is 1.36 bits per heavy atom. The van der Waals surface area contributed by atoms with E-state index in [1.54, 1.807) is 0 Å². The summed E-state index contributed by atoms with van der Waals surface area (Å²) in [5.74, 6) is -0.0661. The zero-order chi connectivity index (χ0) is 10.2. The lowest BCUT2D eigenvalue weighted by Crippen LogP contribution is -2.33. The van der Waals surface area contributed by atoms with Crippen molar-refractivity contribution in [2.75, 3.05) is 26.2 Å². The smallest absolute Gasteiger partial charge is 0.243 e. The molecule has 0 radical (unpaired) electrons. The predicted octanol–water partition coefficient (Wildman–Crippen LogP) is 1.16. The molecule has 1 N–H and O–H groups in total. The van der Waals surface area contributed by atoms with Crippen LogP contribution in [0.1, 0.15) is 25.7 Å². The largest absolute Gasteiger partial charge is 0.353 e. The molecule has 1 heterocycles. The summed E-state index contributed by atoms with van der Waals surface area (Å²) in [4.78, 5) is 13.3. The Bertz CT molecular complexity index is 186. The minimum absolute atomic E-state index is 0.0661. The van der Waals surface area contributed by atoms with E-state index in [0.29, 0.717) is 0 Å². The molecule has 0 aliphatic carbocycles. The van der Waals surface area contributed by atoms with Gasteiger partial charge in [-0.15, -0.1) is 0 Å². The van der Waals surface area contributed by atoms with Crippen LogP contribution in [0.25, 0.3) is 0 Å². The van der Waals surface area contributed by atoms with Crippen molar-refractivity contribution in [1.29, 1.82) is 0 Å². The Morgan fingerprint density at radius 3 is 2.71 bits per heavy atom. The van der Waals surface area contributed by atoms with Crippen molar-refractivity contribution in [3.8, 4) is 0 Å². The van der Waals surface area contributed by atoms with E-state index >= 15 is 0 Å². The SMILES string of the molecule is C=CC(=O)NCCCN1CCCCC1. The number of rotatable bonds is 5. The highest BCUT2D eigenvalue weighted by molar-refractivity contribution is 5.86. The second-order valence-electron chi connectivity index (χ2n) is 3.75. The molecule has 0 atom stereocenters. The number of likely N-dealkylation sites (tertiary alicyclic amines) is 1. The van der Waals surface area contributed by atoms with Crippen LogP contribution in [0.5, 0.6) is 0 Å². The van der Waals surface area contributed by atoms with E-state index in [1.807, 2.05) is 0 Å². The quantitative estimate of drug-likeness (QED) is 0.529. The van der Waals surface area contributed by atoms with Crippen molar-refractivity contribution in [2.24, 2.45) is 0 Å². The predicted molar refractivity (Wildman–Crippen MR) is 58.1 cm³/mol. The highest BCUT2D eigenvalue weighted by Crippen LogP contribution is 2.08. The first-order chi connectivity index (χ1) is 6.83. The van der Waals surface area contributed by atoms with E-state index < -0.39 is 0 Å². The normalized spacial score (nSPS) is 17.7. The van der Waals surface area contributed by atoms with Gasteiger partial charge in [0.25, 0.3) is 0 Å². The zero-order valence-corrected chi connectivity index (χ0v) is 8.80. The fourth-order valence-electron chi connectivity index (χ4n) is 1.77. The van der Waals surface area contributed by atoms with Gasteiger partial charge >= 0.3 is 0 Å². The van der Waals surface area contributed by atoms with Crippen molar-refractivity contribution >= 4 is 5.91 Å². The van der Waals surface area contributed by atoms with E-state index in [2.05, 4.69) is 16.8 Å². The lowest BCUT2D eigenvalue weighted by Gasteiger charge is -2.26. The number of carbonyl (C=O) groups is 1. The minimum atomic E-state index is -0.0661. The molecule has 1 amide bonds. The lowest BCUT2D eigenvalue weighted by molar-refractivity contribution is -0.116. The summed E-state index contributed by atoms with van der Waals surface area (Å²) < 4.78 is 0. The van der Waals surface area contributed by atoms with Gasteiger partial charge in [-0.2, -0.15) is 0 Å². The van der Waals surface area contributed by atoms with Crippen LogP contribution >= 0.6 is 0 Å². The third-order valence-electron chi connectivity index (χ3n) is 2.58. The molecular weight excluding hydrogens is 176 g/mol. The average Bonchev–Trinajstić information content (AvgIpc) is 2.25. The Morgan fingerprint density at radius 2 is 2.07 bits per heavy atom. The third-order valence-corrected chi connectivity index (χ3v) is 2.58. The van der Waals surface area contributed by atoms with Crippen molar-refractivity contribution in [2.45, 2.75) is 25.7 Å². The van der Waals surface area contributed by atoms with Gasteiger partial charge in [0.15, 0.2) is 0 Å².